The number of nitrogens with zero attached hydrogens (tertiary/aromatic N) is 2. The average molecular weight is 368 g/mol. The Labute approximate surface area is 158 Å². The number of amides is 1. The quantitative estimate of drug-likeness (QED) is 0.798. The molecule has 0 aromatic heterocycles. The van der Waals surface area contributed by atoms with E-state index in [1.165, 1.54) is 5.56 Å². The third kappa shape index (κ3) is 3.68. The number of carbonyl (C=O) groups excluding carboxylic acids is 1. The molecule has 4 atom stereocenters. The Balaban J connectivity index is 1.30. The van der Waals surface area contributed by atoms with Crippen LogP contribution in [0.4, 0.5) is 0 Å². The molecule has 2 bridgehead atoms. The van der Waals surface area contributed by atoms with E-state index < -0.39 is 30.0 Å². The zero-order valence-electron chi connectivity index (χ0n) is 15.1. The summed E-state index contributed by atoms with van der Waals surface area (Å²) in [6.45, 7) is 3.68. The molecule has 27 heavy (non-hydrogen) atoms. The molecule has 0 aliphatic carbocycles. The van der Waals surface area contributed by atoms with Crippen LogP contribution in [0, 0.1) is 11.8 Å². The molecule has 0 spiro atoms. The van der Waals surface area contributed by atoms with Crippen molar-refractivity contribution in [1.29, 1.82) is 0 Å². The van der Waals surface area contributed by atoms with Gasteiger partial charge in [0, 0.05) is 32.7 Å². The van der Waals surface area contributed by atoms with Gasteiger partial charge in [0.2, 0.25) is 5.91 Å². The number of piperazine rings is 1. The summed E-state index contributed by atoms with van der Waals surface area (Å²) in [5.74, 6) is -2.39. The highest BCUT2D eigenvalue weighted by Gasteiger charge is 2.54. The van der Waals surface area contributed by atoms with E-state index >= 15 is 0 Å². The summed E-state index contributed by atoms with van der Waals surface area (Å²) < 4.78 is 5.63. The molecule has 6 nitrogen and oxygen atoms in total. The number of carboxylic acids is 1. The van der Waals surface area contributed by atoms with Crippen LogP contribution in [0.3, 0.4) is 0 Å². The largest absolute Gasteiger partial charge is 0.481 e. The van der Waals surface area contributed by atoms with Crippen molar-refractivity contribution in [2.24, 2.45) is 11.8 Å². The van der Waals surface area contributed by atoms with Gasteiger partial charge in [-0.15, -0.1) is 0 Å². The molecule has 0 unspecified atom stereocenters. The van der Waals surface area contributed by atoms with Gasteiger partial charge in [0.25, 0.3) is 0 Å². The van der Waals surface area contributed by atoms with Gasteiger partial charge in [0.05, 0.1) is 18.1 Å². The highest BCUT2D eigenvalue weighted by atomic mass is 16.5. The molecule has 3 aliphatic heterocycles. The van der Waals surface area contributed by atoms with Crippen LogP contribution in [-0.2, 0) is 14.3 Å². The van der Waals surface area contributed by atoms with Crippen molar-refractivity contribution in [2.45, 2.75) is 12.2 Å². The first-order valence-electron chi connectivity index (χ1n) is 9.43. The first-order valence-corrected chi connectivity index (χ1v) is 9.43. The van der Waals surface area contributed by atoms with E-state index in [0.717, 1.165) is 19.6 Å². The first kappa shape index (κ1) is 17.9. The summed E-state index contributed by atoms with van der Waals surface area (Å²) in [4.78, 5) is 28.6. The van der Waals surface area contributed by atoms with E-state index in [-0.39, 0.29) is 5.91 Å². The van der Waals surface area contributed by atoms with Crippen molar-refractivity contribution in [3.63, 3.8) is 0 Å². The molecule has 0 radical (unpaired) electrons. The Morgan fingerprint density at radius 1 is 1.04 bits per heavy atom. The second-order valence-corrected chi connectivity index (χ2v) is 7.28. The van der Waals surface area contributed by atoms with E-state index in [9.17, 15) is 14.7 Å². The predicted octanol–water partition coefficient (Wildman–Crippen LogP) is 1.50. The zero-order chi connectivity index (χ0) is 18.8. The van der Waals surface area contributed by atoms with Crippen LogP contribution in [0.5, 0.6) is 0 Å². The number of fused-ring (bicyclic) bond motifs is 2. The summed E-state index contributed by atoms with van der Waals surface area (Å²) in [7, 11) is 0. The smallest absolute Gasteiger partial charge is 0.310 e. The van der Waals surface area contributed by atoms with Gasteiger partial charge in [-0.1, -0.05) is 54.6 Å². The SMILES string of the molecule is O=C(O)[C@@H]1[C@H](C(=O)N2CCN(C/C=C/c3ccccc3)CC2)[C@@H]2C=C[C@@H]1O2. The third-order valence-corrected chi connectivity index (χ3v) is 5.63. The van der Waals surface area contributed by atoms with Gasteiger partial charge in [-0.3, -0.25) is 14.5 Å². The van der Waals surface area contributed by atoms with Crippen LogP contribution in [0.1, 0.15) is 5.56 Å². The van der Waals surface area contributed by atoms with Gasteiger partial charge < -0.3 is 14.7 Å². The fraction of sp³-hybridized carbons (Fsp3) is 0.429. The minimum Gasteiger partial charge on any atom is -0.481 e. The van der Waals surface area contributed by atoms with Crippen molar-refractivity contribution in [3.8, 4) is 0 Å². The lowest BCUT2D eigenvalue weighted by atomic mass is 9.82. The molecule has 1 aromatic rings. The van der Waals surface area contributed by atoms with Crippen LogP contribution in [-0.4, -0.2) is 71.7 Å². The van der Waals surface area contributed by atoms with Gasteiger partial charge in [-0.05, 0) is 5.56 Å². The number of carbonyl (C=O) groups is 2. The Morgan fingerprint density at radius 3 is 2.37 bits per heavy atom. The average Bonchev–Trinajstić information content (AvgIpc) is 3.30. The molecule has 3 heterocycles. The molecule has 6 heteroatoms. The summed E-state index contributed by atoms with van der Waals surface area (Å²) in [5, 5.41) is 9.49. The topological polar surface area (TPSA) is 70.1 Å². The van der Waals surface area contributed by atoms with Gasteiger partial charge >= 0.3 is 5.97 Å². The lowest BCUT2D eigenvalue weighted by molar-refractivity contribution is -0.150. The van der Waals surface area contributed by atoms with E-state index in [1.807, 2.05) is 24.3 Å². The molecule has 4 rings (SSSR count). The Morgan fingerprint density at radius 2 is 1.70 bits per heavy atom. The van der Waals surface area contributed by atoms with Crippen molar-refractivity contribution < 1.29 is 19.4 Å². The maximum Gasteiger partial charge on any atom is 0.310 e. The lowest BCUT2D eigenvalue weighted by Gasteiger charge is -2.36. The summed E-state index contributed by atoms with van der Waals surface area (Å²) in [5.41, 5.74) is 1.18. The number of hydrogen-bond donors (Lipinski definition) is 1. The predicted molar refractivity (Wildman–Crippen MR) is 101 cm³/mol. The number of aliphatic carboxylic acids is 1. The maximum atomic E-state index is 12.9. The molecule has 1 N–H and O–H groups in total. The maximum absolute atomic E-state index is 12.9. The van der Waals surface area contributed by atoms with Crippen LogP contribution in [0.15, 0.2) is 48.6 Å². The molecule has 142 valence electrons. The Kier molecular flexibility index (Phi) is 5.09. The molecular formula is C21H24N2O4. The molecule has 2 fully saturated rings. The van der Waals surface area contributed by atoms with Gasteiger partial charge in [0.15, 0.2) is 0 Å². The summed E-state index contributed by atoms with van der Waals surface area (Å²) in [6, 6.07) is 10.2. The number of rotatable bonds is 5. The Hall–Kier alpha value is -2.44. The highest BCUT2D eigenvalue weighted by Crippen LogP contribution is 2.40. The molecule has 1 aromatic carbocycles. The van der Waals surface area contributed by atoms with Crippen molar-refractivity contribution in [2.75, 3.05) is 32.7 Å². The second-order valence-electron chi connectivity index (χ2n) is 7.28. The van der Waals surface area contributed by atoms with Gasteiger partial charge in [0.1, 0.15) is 5.92 Å². The molecular weight excluding hydrogens is 344 g/mol. The summed E-state index contributed by atoms with van der Waals surface area (Å²) >= 11 is 0. The van der Waals surface area contributed by atoms with Crippen molar-refractivity contribution in [3.05, 3.63) is 54.1 Å². The summed E-state index contributed by atoms with van der Waals surface area (Å²) in [6.07, 6.45) is 6.98. The van der Waals surface area contributed by atoms with Crippen LogP contribution >= 0.6 is 0 Å². The Bertz CT molecular complexity index is 753. The highest BCUT2D eigenvalue weighted by molar-refractivity contribution is 5.87. The van der Waals surface area contributed by atoms with E-state index in [0.29, 0.717) is 13.1 Å². The molecule has 3 aliphatic rings. The molecule has 2 saturated heterocycles. The van der Waals surface area contributed by atoms with Crippen molar-refractivity contribution in [1.82, 2.24) is 9.80 Å². The fourth-order valence-corrected chi connectivity index (χ4v) is 4.16. The lowest BCUT2D eigenvalue weighted by Crippen LogP contribution is -2.52. The third-order valence-electron chi connectivity index (χ3n) is 5.63. The normalized spacial score (nSPS) is 30.3. The van der Waals surface area contributed by atoms with Crippen LogP contribution < -0.4 is 0 Å². The fourth-order valence-electron chi connectivity index (χ4n) is 4.16. The second kappa shape index (κ2) is 7.66. The molecule has 1 amide bonds. The number of carboxylic acid groups (broad SMARTS) is 1. The number of benzene rings is 1. The van der Waals surface area contributed by atoms with Crippen LogP contribution in [0.25, 0.3) is 6.08 Å². The number of ether oxygens (including phenoxy) is 1. The van der Waals surface area contributed by atoms with Gasteiger partial charge in [-0.25, -0.2) is 0 Å². The monoisotopic (exact) mass is 368 g/mol. The zero-order valence-corrected chi connectivity index (χ0v) is 15.1. The minimum absolute atomic E-state index is 0.0845. The first-order chi connectivity index (χ1) is 13.1. The number of hydrogen-bond acceptors (Lipinski definition) is 4. The minimum atomic E-state index is -0.949. The van der Waals surface area contributed by atoms with E-state index in [4.69, 9.17) is 4.74 Å². The van der Waals surface area contributed by atoms with Crippen LogP contribution in [0.2, 0.25) is 0 Å². The standard InChI is InChI=1S/C21H24N2O4/c24-20(18-16-8-9-17(27-16)19(18)21(25)26)23-13-11-22(12-14-23)10-4-7-15-5-2-1-3-6-15/h1-9,16-19H,10-14H2,(H,25,26)/b7-4+/t16-,17-,18+,19-/m0/s1. The molecule has 0 saturated carbocycles. The van der Waals surface area contributed by atoms with Gasteiger partial charge in [-0.2, -0.15) is 0 Å². The van der Waals surface area contributed by atoms with E-state index in [2.05, 4.69) is 29.2 Å². The van der Waals surface area contributed by atoms with E-state index in [1.54, 1.807) is 11.0 Å². The van der Waals surface area contributed by atoms with Crippen molar-refractivity contribution >= 4 is 18.0 Å².